The average Bonchev–Trinajstić information content (AvgIpc) is 3.12. The molecule has 0 aromatic carbocycles. The minimum Gasteiger partial charge on any atom is -0.462 e. The van der Waals surface area contributed by atoms with E-state index in [1.54, 1.807) is 0 Å². The summed E-state index contributed by atoms with van der Waals surface area (Å²) < 4.78 is 11.4. The van der Waals surface area contributed by atoms with Crippen LogP contribution in [-0.4, -0.2) is 32.2 Å². The molecule has 4 rings (SSSR count). The number of fused-ring (bicyclic) bond motifs is 5. The van der Waals surface area contributed by atoms with Gasteiger partial charge in [-0.2, -0.15) is 0 Å². The fourth-order valence-corrected chi connectivity index (χ4v) is 8.73. The topological polar surface area (TPSA) is 52.6 Å². The van der Waals surface area contributed by atoms with Gasteiger partial charge in [-0.25, -0.2) is 0 Å². The van der Waals surface area contributed by atoms with Crippen molar-refractivity contribution in [3.05, 3.63) is 23.3 Å². The van der Waals surface area contributed by atoms with Crippen LogP contribution in [0.15, 0.2) is 23.3 Å². The first-order chi connectivity index (χ1) is 16.7. The summed E-state index contributed by atoms with van der Waals surface area (Å²) >= 11 is 0. The molecule has 2 saturated carbocycles. The lowest BCUT2D eigenvalue weighted by atomic mass is 9.47. The molecule has 198 valence electrons. The van der Waals surface area contributed by atoms with Crippen LogP contribution < -0.4 is 0 Å². The van der Waals surface area contributed by atoms with E-state index in [1.165, 1.54) is 37.8 Å². The molecule has 4 aliphatic carbocycles. The molecule has 0 aromatic rings. The minimum absolute atomic E-state index is 0.0447. The first-order valence-electron chi connectivity index (χ1n) is 14.0. The smallest absolute Gasteiger partial charge is 0.303 e. The van der Waals surface area contributed by atoms with Crippen molar-refractivity contribution in [1.82, 2.24) is 0 Å². The molecule has 0 radical (unpaired) electrons. The Balaban J connectivity index is 1.56. The molecule has 5 heteroatoms. The first kappa shape index (κ1) is 27.2. The third kappa shape index (κ3) is 5.12. The maximum Gasteiger partial charge on any atom is 0.303 e. The number of carbonyl (C=O) groups is 2. The van der Waals surface area contributed by atoms with Crippen molar-refractivity contribution in [2.45, 2.75) is 111 Å². The Hall–Kier alpha value is -1.80. The van der Waals surface area contributed by atoms with E-state index in [2.05, 4.69) is 64.0 Å². The van der Waals surface area contributed by atoms with Gasteiger partial charge in [0.2, 0.25) is 0 Å². The molecule has 0 aromatic heterocycles. The molecule has 4 nitrogen and oxygen atoms in total. The Kier molecular flexibility index (Phi) is 7.43. The highest BCUT2D eigenvalue weighted by atomic mass is 28.3. The SMILES string of the molecule is CC(=O)O[C@H]1CC[C@@]2(C)C(=CC[C@@H]3[C@@H]2CC[C@]2(C)C([C@H](C)[C@H](C#C[Si](C)(C)C)OC(C)=O)=CC[C@@H]32)C1. The zero-order valence-electron chi connectivity index (χ0n) is 23.7. The summed E-state index contributed by atoms with van der Waals surface area (Å²) in [4.78, 5) is 23.5. The summed E-state index contributed by atoms with van der Waals surface area (Å²) in [6.07, 6.45) is 12.3. The predicted molar refractivity (Wildman–Crippen MR) is 147 cm³/mol. The van der Waals surface area contributed by atoms with Crippen molar-refractivity contribution in [3.63, 3.8) is 0 Å². The summed E-state index contributed by atoms with van der Waals surface area (Å²) in [5, 5.41) is 0. The molecule has 2 fully saturated rings. The minimum atomic E-state index is -1.58. The number of ether oxygens (including phenoxy) is 2. The highest BCUT2D eigenvalue weighted by molar-refractivity contribution is 6.83. The number of rotatable bonds is 4. The second kappa shape index (κ2) is 9.82. The zero-order chi connectivity index (χ0) is 26.5. The van der Waals surface area contributed by atoms with Gasteiger partial charge >= 0.3 is 11.9 Å². The van der Waals surface area contributed by atoms with Gasteiger partial charge < -0.3 is 9.47 Å². The number of carbonyl (C=O) groups excluding carboxylic acids is 2. The molecule has 0 spiro atoms. The Morgan fingerprint density at radius 3 is 2.33 bits per heavy atom. The number of esters is 2. The molecule has 8 atom stereocenters. The highest BCUT2D eigenvalue weighted by Gasteiger charge is 2.57. The van der Waals surface area contributed by atoms with Gasteiger partial charge in [0.25, 0.3) is 0 Å². The molecule has 36 heavy (non-hydrogen) atoms. The van der Waals surface area contributed by atoms with Crippen LogP contribution in [0, 0.1) is 46.0 Å². The maximum atomic E-state index is 12.0. The van der Waals surface area contributed by atoms with E-state index in [-0.39, 0.29) is 40.9 Å². The Morgan fingerprint density at radius 1 is 1.00 bits per heavy atom. The molecule has 0 amide bonds. The van der Waals surface area contributed by atoms with Gasteiger partial charge in [-0.15, -0.1) is 5.54 Å². The van der Waals surface area contributed by atoms with Gasteiger partial charge in [0.15, 0.2) is 6.10 Å². The lowest BCUT2D eigenvalue weighted by Gasteiger charge is -2.58. The van der Waals surface area contributed by atoms with Gasteiger partial charge in [0, 0.05) is 26.2 Å². The van der Waals surface area contributed by atoms with Crippen LogP contribution in [0.5, 0.6) is 0 Å². The summed E-state index contributed by atoms with van der Waals surface area (Å²) in [5.74, 6) is 5.06. The molecule has 0 heterocycles. The van der Waals surface area contributed by atoms with Gasteiger partial charge in [-0.3, -0.25) is 9.59 Å². The summed E-state index contributed by atoms with van der Waals surface area (Å²) in [6.45, 7) is 16.9. The van der Waals surface area contributed by atoms with E-state index < -0.39 is 8.07 Å². The van der Waals surface area contributed by atoms with Gasteiger partial charge in [0.05, 0.1) is 0 Å². The molecular weight excluding hydrogens is 464 g/mol. The van der Waals surface area contributed by atoms with Crippen LogP contribution in [0.3, 0.4) is 0 Å². The molecule has 4 aliphatic rings. The van der Waals surface area contributed by atoms with Crippen LogP contribution in [0.25, 0.3) is 0 Å². The maximum absolute atomic E-state index is 12.0. The van der Waals surface area contributed by atoms with Crippen molar-refractivity contribution in [2.75, 3.05) is 0 Å². The third-order valence-corrected chi connectivity index (χ3v) is 10.8. The normalized spacial score (nSPS) is 37.0. The molecule has 0 bridgehead atoms. The molecule has 0 aliphatic heterocycles. The van der Waals surface area contributed by atoms with Crippen molar-refractivity contribution in [2.24, 2.45) is 34.5 Å². The van der Waals surface area contributed by atoms with Crippen LogP contribution in [0.4, 0.5) is 0 Å². The van der Waals surface area contributed by atoms with Crippen LogP contribution in [-0.2, 0) is 19.1 Å². The van der Waals surface area contributed by atoms with Crippen LogP contribution >= 0.6 is 0 Å². The number of hydrogen-bond donors (Lipinski definition) is 0. The molecular formula is C31H46O4Si. The van der Waals surface area contributed by atoms with E-state index in [1.807, 2.05) is 0 Å². The van der Waals surface area contributed by atoms with Gasteiger partial charge in [0.1, 0.15) is 14.2 Å². The van der Waals surface area contributed by atoms with E-state index >= 15 is 0 Å². The first-order valence-corrected chi connectivity index (χ1v) is 17.5. The number of allylic oxidation sites excluding steroid dienone is 2. The Morgan fingerprint density at radius 2 is 1.69 bits per heavy atom. The molecule has 0 unspecified atom stereocenters. The fraction of sp³-hybridized carbons (Fsp3) is 0.742. The fourth-order valence-electron chi connectivity index (χ4n) is 8.16. The Labute approximate surface area is 219 Å². The predicted octanol–water partition coefficient (Wildman–Crippen LogP) is 6.87. The van der Waals surface area contributed by atoms with E-state index in [9.17, 15) is 9.59 Å². The van der Waals surface area contributed by atoms with Gasteiger partial charge in [-0.05, 0) is 67.1 Å². The standard InChI is InChI=1S/C31H46O4Si/c1-20(29(35-22(3)33)15-18-36(6,7)8)26-11-12-27-25-10-9-23-19-24(34-21(2)32)13-16-30(23,4)28(25)14-17-31(26,27)5/h9,11,20,24-25,27-29H,10,12-14,16-17,19H2,1-8H3/t20-,24-,25-,27-,28-,29-,30-,31+/m0/s1. The van der Waals surface area contributed by atoms with Crippen LogP contribution in [0.1, 0.15) is 79.6 Å². The van der Waals surface area contributed by atoms with E-state index in [0.717, 1.165) is 32.1 Å². The summed E-state index contributed by atoms with van der Waals surface area (Å²) in [7, 11) is -1.58. The van der Waals surface area contributed by atoms with Crippen LogP contribution in [0.2, 0.25) is 19.6 Å². The van der Waals surface area contributed by atoms with E-state index in [4.69, 9.17) is 9.47 Å². The second-order valence-corrected chi connectivity index (χ2v) is 18.2. The van der Waals surface area contributed by atoms with E-state index in [0.29, 0.717) is 17.8 Å². The van der Waals surface area contributed by atoms with Crippen molar-refractivity contribution >= 4 is 20.0 Å². The van der Waals surface area contributed by atoms with Gasteiger partial charge in [-0.1, -0.05) is 69.6 Å². The third-order valence-electron chi connectivity index (χ3n) is 9.86. The zero-order valence-corrected chi connectivity index (χ0v) is 24.7. The summed E-state index contributed by atoms with van der Waals surface area (Å²) in [5.41, 5.74) is 6.80. The highest BCUT2D eigenvalue weighted by Crippen LogP contribution is 2.66. The summed E-state index contributed by atoms with van der Waals surface area (Å²) in [6, 6.07) is 0. The second-order valence-electron chi connectivity index (χ2n) is 13.4. The average molecular weight is 511 g/mol. The molecule has 0 saturated heterocycles. The Bertz CT molecular complexity index is 1020. The molecule has 0 N–H and O–H groups in total. The van der Waals surface area contributed by atoms with Crippen molar-refractivity contribution in [1.29, 1.82) is 0 Å². The largest absolute Gasteiger partial charge is 0.462 e. The van der Waals surface area contributed by atoms with Crippen molar-refractivity contribution in [3.8, 4) is 11.5 Å². The number of hydrogen-bond acceptors (Lipinski definition) is 4. The quantitative estimate of drug-likeness (QED) is 0.179. The lowest BCUT2D eigenvalue weighted by Crippen LogP contribution is -2.50. The lowest BCUT2D eigenvalue weighted by molar-refractivity contribution is -0.148. The monoisotopic (exact) mass is 510 g/mol. The van der Waals surface area contributed by atoms with Crippen molar-refractivity contribution < 1.29 is 19.1 Å².